The number of methoxy groups -OCH3 is 3. The largest absolute Gasteiger partial charge is 0.496 e. The summed E-state index contributed by atoms with van der Waals surface area (Å²) in [6.07, 6.45) is 0. The van der Waals surface area contributed by atoms with E-state index in [-0.39, 0.29) is 0 Å². The molecule has 0 amide bonds. The molecule has 172 valence electrons. The van der Waals surface area contributed by atoms with Crippen molar-refractivity contribution in [3.05, 3.63) is 35.4 Å². The molecule has 8 heteroatoms. The molecule has 8 nitrogen and oxygen atoms in total. The zero-order valence-corrected chi connectivity index (χ0v) is 18.8. The van der Waals surface area contributed by atoms with E-state index in [1.54, 1.807) is 21.3 Å². The van der Waals surface area contributed by atoms with Crippen molar-refractivity contribution in [1.29, 1.82) is 0 Å². The molecular formula is C24H29NO7. The fourth-order valence-corrected chi connectivity index (χ4v) is 4.94. The van der Waals surface area contributed by atoms with Gasteiger partial charge in [0.05, 0.1) is 45.1 Å². The van der Waals surface area contributed by atoms with E-state index < -0.39 is 5.41 Å². The monoisotopic (exact) mass is 443 g/mol. The molecule has 1 unspecified atom stereocenters. The summed E-state index contributed by atoms with van der Waals surface area (Å²) >= 11 is 0. The third-order valence-corrected chi connectivity index (χ3v) is 6.37. The van der Waals surface area contributed by atoms with Gasteiger partial charge in [-0.3, -0.25) is 0 Å². The molecule has 3 heterocycles. The highest BCUT2D eigenvalue weighted by Crippen LogP contribution is 2.58. The van der Waals surface area contributed by atoms with Gasteiger partial charge in [-0.15, -0.1) is 0 Å². The smallest absolute Gasteiger partial charge is 0.165 e. The summed E-state index contributed by atoms with van der Waals surface area (Å²) in [5, 5.41) is 0. The zero-order chi connectivity index (χ0) is 22.1. The molecule has 0 fully saturated rings. The van der Waals surface area contributed by atoms with Crippen LogP contribution >= 0.6 is 0 Å². The van der Waals surface area contributed by atoms with Crippen LogP contribution < -0.4 is 28.6 Å². The van der Waals surface area contributed by atoms with Gasteiger partial charge in [-0.05, 0) is 18.2 Å². The van der Waals surface area contributed by atoms with Crippen LogP contribution in [0.4, 0.5) is 5.69 Å². The molecule has 1 atom stereocenters. The van der Waals surface area contributed by atoms with Crippen LogP contribution in [0.1, 0.15) is 11.1 Å². The van der Waals surface area contributed by atoms with Gasteiger partial charge in [0.15, 0.2) is 11.5 Å². The van der Waals surface area contributed by atoms with Gasteiger partial charge in [-0.2, -0.15) is 0 Å². The summed E-state index contributed by atoms with van der Waals surface area (Å²) in [5.41, 5.74) is 2.77. The van der Waals surface area contributed by atoms with Gasteiger partial charge in [0.25, 0.3) is 0 Å². The van der Waals surface area contributed by atoms with Gasteiger partial charge in [0.1, 0.15) is 37.1 Å². The highest BCUT2D eigenvalue weighted by atomic mass is 16.6. The lowest BCUT2D eigenvalue weighted by molar-refractivity contribution is 0.0739. The Hall–Kier alpha value is -2.84. The second kappa shape index (κ2) is 8.60. The Balaban J connectivity index is 1.57. The molecule has 32 heavy (non-hydrogen) atoms. The summed E-state index contributed by atoms with van der Waals surface area (Å²) < 4.78 is 40.3. The standard InChI is InChI=1S/C24H29NO7/c1-26-8-9-29-7-6-25-14-24(22-17(27-2)4-5-18(28-3)23(22)25)15-32-19-13-21-20(12-16(19)24)30-10-11-31-21/h4-5,12-13H,6-11,14-15H2,1-3H3. The van der Waals surface area contributed by atoms with E-state index in [9.17, 15) is 0 Å². The Morgan fingerprint density at radius 2 is 1.62 bits per heavy atom. The second-order valence-electron chi connectivity index (χ2n) is 8.08. The van der Waals surface area contributed by atoms with E-state index in [4.69, 9.17) is 33.2 Å². The van der Waals surface area contributed by atoms with Crippen LogP contribution in [0.5, 0.6) is 28.7 Å². The normalized spacial score (nSPS) is 20.2. The van der Waals surface area contributed by atoms with Gasteiger partial charge < -0.3 is 38.1 Å². The lowest BCUT2D eigenvalue weighted by Gasteiger charge is -2.26. The van der Waals surface area contributed by atoms with E-state index >= 15 is 0 Å². The topological polar surface area (TPSA) is 67.9 Å². The van der Waals surface area contributed by atoms with Crippen molar-refractivity contribution in [2.24, 2.45) is 0 Å². The van der Waals surface area contributed by atoms with Gasteiger partial charge in [-0.25, -0.2) is 0 Å². The number of hydrogen-bond donors (Lipinski definition) is 0. The van der Waals surface area contributed by atoms with Crippen molar-refractivity contribution in [3.63, 3.8) is 0 Å². The first-order valence-electron chi connectivity index (χ1n) is 10.9. The molecule has 3 aliphatic heterocycles. The highest BCUT2D eigenvalue weighted by molar-refractivity contribution is 5.79. The molecule has 0 aliphatic carbocycles. The summed E-state index contributed by atoms with van der Waals surface area (Å²) in [7, 11) is 5.07. The molecule has 1 spiro atoms. The lowest BCUT2D eigenvalue weighted by atomic mass is 9.77. The Kier molecular flexibility index (Phi) is 5.65. The van der Waals surface area contributed by atoms with Crippen LogP contribution in [0.3, 0.4) is 0 Å². The Morgan fingerprint density at radius 1 is 0.875 bits per heavy atom. The summed E-state index contributed by atoms with van der Waals surface area (Å²) in [6, 6.07) is 7.93. The number of nitrogens with zero attached hydrogens (tertiary/aromatic N) is 1. The summed E-state index contributed by atoms with van der Waals surface area (Å²) in [5.74, 6) is 3.93. The molecule has 2 aromatic carbocycles. The predicted molar refractivity (Wildman–Crippen MR) is 118 cm³/mol. The van der Waals surface area contributed by atoms with E-state index in [2.05, 4.69) is 11.0 Å². The SMILES string of the molecule is COCCOCCN1CC2(COc3cc4c(cc32)OCCO4)c2c(OC)ccc(OC)c21. The van der Waals surface area contributed by atoms with Crippen LogP contribution in [-0.4, -0.2) is 74.1 Å². The van der Waals surface area contributed by atoms with Crippen LogP contribution in [0, 0.1) is 0 Å². The minimum Gasteiger partial charge on any atom is -0.496 e. The number of anilines is 1. The number of ether oxygens (including phenoxy) is 7. The predicted octanol–water partition coefficient (Wildman–Crippen LogP) is 2.64. The molecule has 0 aromatic heterocycles. The second-order valence-corrected chi connectivity index (χ2v) is 8.08. The molecule has 0 saturated carbocycles. The maximum atomic E-state index is 6.23. The Bertz CT molecular complexity index is 995. The van der Waals surface area contributed by atoms with Crippen molar-refractivity contribution < 1.29 is 33.2 Å². The number of fused-ring (bicyclic) bond motifs is 5. The van der Waals surface area contributed by atoms with E-state index in [1.165, 1.54) is 0 Å². The average Bonchev–Trinajstić information content (AvgIpc) is 3.35. The maximum Gasteiger partial charge on any atom is 0.165 e. The fraction of sp³-hybridized carbons (Fsp3) is 0.500. The van der Waals surface area contributed by atoms with Crippen LogP contribution in [0.2, 0.25) is 0 Å². The lowest BCUT2D eigenvalue weighted by Crippen LogP contribution is -2.37. The third kappa shape index (κ3) is 3.29. The molecule has 5 rings (SSSR count). The minimum atomic E-state index is -0.410. The van der Waals surface area contributed by atoms with Crippen molar-refractivity contribution in [2.75, 3.05) is 79.0 Å². The summed E-state index contributed by atoms with van der Waals surface area (Å²) in [6.45, 7) is 4.73. The van der Waals surface area contributed by atoms with E-state index in [1.807, 2.05) is 18.2 Å². The fourth-order valence-electron chi connectivity index (χ4n) is 4.94. The van der Waals surface area contributed by atoms with Gasteiger partial charge >= 0.3 is 0 Å². The molecule has 3 aliphatic rings. The van der Waals surface area contributed by atoms with Gasteiger partial charge in [0, 0.05) is 37.4 Å². The van der Waals surface area contributed by atoms with Crippen molar-refractivity contribution in [3.8, 4) is 28.7 Å². The molecule has 2 aromatic rings. The van der Waals surface area contributed by atoms with Crippen LogP contribution in [0.25, 0.3) is 0 Å². The van der Waals surface area contributed by atoms with E-state index in [0.29, 0.717) is 46.2 Å². The Morgan fingerprint density at radius 3 is 2.38 bits per heavy atom. The molecular weight excluding hydrogens is 414 g/mol. The van der Waals surface area contributed by atoms with Crippen LogP contribution in [-0.2, 0) is 14.9 Å². The molecule has 0 saturated heterocycles. The highest BCUT2D eigenvalue weighted by Gasteiger charge is 2.53. The molecule has 0 N–H and O–H groups in total. The van der Waals surface area contributed by atoms with Gasteiger partial charge in [-0.1, -0.05) is 0 Å². The zero-order valence-electron chi connectivity index (χ0n) is 18.8. The van der Waals surface area contributed by atoms with Crippen molar-refractivity contribution >= 4 is 5.69 Å². The average molecular weight is 443 g/mol. The maximum absolute atomic E-state index is 6.23. The van der Waals surface area contributed by atoms with Gasteiger partial charge in [0.2, 0.25) is 0 Å². The number of benzene rings is 2. The quantitative estimate of drug-likeness (QED) is 0.577. The van der Waals surface area contributed by atoms with Crippen molar-refractivity contribution in [2.45, 2.75) is 5.41 Å². The first kappa shape index (κ1) is 21.0. The third-order valence-electron chi connectivity index (χ3n) is 6.37. The summed E-state index contributed by atoms with van der Waals surface area (Å²) in [4.78, 5) is 2.30. The van der Waals surface area contributed by atoms with Crippen molar-refractivity contribution in [1.82, 2.24) is 0 Å². The number of rotatable bonds is 8. The minimum absolute atomic E-state index is 0.410. The Labute approximate surface area is 187 Å². The molecule has 0 bridgehead atoms. The molecule has 0 radical (unpaired) electrons. The van der Waals surface area contributed by atoms with E-state index in [0.717, 1.165) is 52.1 Å². The first-order chi connectivity index (χ1) is 15.7. The first-order valence-corrected chi connectivity index (χ1v) is 10.9. The van der Waals surface area contributed by atoms with Crippen LogP contribution in [0.15, 0.2) is 24.3 Å². The number of hydrogen-bond acceptors (Lipinski definition) is 8.